The van der Waals surface area contributed by atoms with Gasteiger partial charge in [-0.1, -0.05) is 12.1 Å². The summed E-state index contributed by atoms with van der Waals surface area (Å²) in [6, 6.07) is 3.54. The Bertz CT molecular complexity index is 1350. The number of aryl methyl sites for hydroxylation is 2. The molecule has 1 aromatic rings. The zero-order chi connectivity index (χ0) is 36.9. The van der Waals surface area contributed by atoms with Crippen molar-refractivity contribution in [3.63, 3.8) is 0 Å². The smallest absolute Gasteiger partial charge is 0.303 e. The number of carbonyl (C=O) groups is 6. The maximum absolute atomic E-state index is 12.3. The topological polar surface area (TPSA) is 217 Å². The Kier molecular flexibility index (Phi) is 12.9. The lowest BCUT2D eigenvalue weighted by atomic mass is 9.80. The molecule has 1 aliphatic carbocycles. The van der Waals surface area contributed by atoms with Gasteiger partial charge in [0.05, 0.1) is 0 Å². The van der Waals surface area contributed by atoms with Gasteiger partial charge in [-0.05, 0) is 47.9 Å². The summed E-state index contributed by atoms with van der Waals surface area (Å²) in [6.07, 6.45) is -11.2. The van der Waals surface area contributed by atoms with Gasteiger partial charge in [0.15, 0.2) is 24.4 Å². The lowest BCUT2D eigenvalue weighted by Gasteiger charge is -2.46. The van der Waals surface area contributed by atoms with E-state index in [2.05, 4.69) is 0 Å². The van der Waals surface area contributed by atoms with E-state index in [0.717, 1.165) is 65.5 Å². The molecule has 16 nitrogen and oxygen atoms in total. The second kappa shape index (κ2) is 16.7. The van der Waals surface area contributed by atoms with Crippen LogP contribution in [0, 0.1) is 0 Å². The molecule has 0 spiro atoms. The molecular weight excluding hydrogens is 664 g/mol. The van der Waals surface area contributed by atoms with Crippen molar-refractivity contribution < 1.29 is 76.9 Å². The number of esters is 6. The van der Waals surface area contributed by atoms with E-state index in [0.29, 0.717) is 12.8 Å². The highest BCUT2D eigenvalue weighted by Crippen LogP contribution is 2.44. The summed E-state index contributed by atoms with van der Waals surface area (Å²) in [6.45, 7) is 5.89. The van der Waals surface area contributed by atoms with E-state index in [-0.39, 0.29) is 11.1 Å². The molecule has 4 rings (SSSR count). The van der Waals surface area contributed by atoms with Crippen molar-refractivity contribution in [2.24, 2.45) is 0 Å². The van der Waals surface area contributed by atoms with Gasteiger partial charge in [-0.3, -0.25) is 28.8 Å². The third-order valence-corrected chi connectivity index (χ3v) is 8.59. The largest absolute Gasteiger partial charge is 0.463 e. The molecule has 3 aliphatic rings. The fourth-order valence-electron chi connectivity index (χ4n) is 6.67. The minimum Gasteiger partial charge on any atom is -0.463 e. The number of aliphatic hydroxyl groups is 2. The zero-order valence-corrected chi connectivity index (χ0v) is 28.8. The minimum absolute atomic E-state index is 0.271. The molecule has 50 heavy (non-hydrogen) atoms. The molecule has 0 saturated carbocycles. The van der Waals surface area contributed by atoms with Crippen LogP contribution >= 0.6 is 0 Å². The van der Waals surface area contributed by atoms with E-state index >= 15 is 0 Å². The molecule has 2 heterocycles. The summed E-state index contributed by atoms with van der Waals surface area (Å²) in [5.74, 6) is -4.51. The first-order valence-electron chi connectivity index (χ1n) is 16.4. The van der Waals surface area contributed by atoms with E-state index in [4.69, 9.17) is 37.9 Å². The molecular formula is C34H44O16. The van der Waals surface area contributed by atoms with Gasteiger partial charge < -0.3 is 48.1 Å². The van der Waals surface area contributed by atoms with Crippen molar-refractivity contribution in [2.45, 2.75) is 128 Å². The number of fused-ring (bicyclic) bond motifs is 1. The van der Waals surface area contributed by atoms with Crippen LogP contribution in [0.15, 0.2) is 12.1 Å². The van der Waals surface area contributed by atoms with Crippen molar-refractivity contribution in [1.82, 2.24) is 0 Å². The van der Waals surface area contributed by atoms with E-state index in [9.17, 15) is 39.0 Å². The van der Waals surface area contributed by atoms with Gasteiger partial charge in [0, 0.05) is 41.5 Å². The van der Waals surface area contributed by atoms with Crippen molar-refractivity contribution in [3.05, 3.63) is 34.4 Å². The fourth-order valence-corrected chi connectivity index (χ4v) is 6.67. The molecule has 276 valence electrons. The number of rotatable bonds is 10. The quantitative estimate of drug-likeness (QED) is 0.256. The molecule has 0 bridgehead atoms. The second-order valence-electron chi connectivity index (χ2n) is 12.5. The number of hydrogen-bond donors (Lipinski definition) is 2. The maximum Gasteiger partial charge on any atom is 0.303 e. The fraction of sp³-hybridized carbons (Fsp3) is 0.647. The Morgan fingerprint density at radius 3 is 1.18 bits per heavy atom. The standard InChI is InChI=1S/C34H44O16/c1-15(35)43-13-25-31(45-17(3)37)33(47-19(5)39)27(41)29(49-25)23-11-21-9-7-8-10-22(21)12-24(23)30-28(42)34(48-20(6)40)32(46-18(4)38)26(50-30)14-44-16(2)36/h11-12,25-34,41-42H,7-10,13-14H2,1-6H3/t25-,26-,27+,28+,29+,30+,31-,32-,33-,34-/m1/s1. The third kappa shape index (κ3) is 9.35. The SMILES string of the molecule is CC(=O)OC[C@H]1O[C@@H](c2cc3c(cc2[C@@H]2O[C@H](COC(C)=O)[C@@H](OC(C)=O)[C@H](OC(C)=O)[C@H]2O)CCCC3)[C@H](O)[C@@H](OC(C)=O)[C@@H]1OC(C)=O. The first kappa shape index (κ1) is 38.7. The number of aliphatic hydroxyl groups excluding tert-OH is 2. The van der Waals surface area contributed by atoms with Crippen molar-refractivity contribution in [1.29, 1.82) is 0 Å². The monoisotopic (exact) mass is 708 g/mol. The molecule has 0 aromatic heterocycles. The van der Waals surface area contributed by atoms with Crippen LogP contribution < -0.4 is 0 Å². The predicted molar refractivity (Wildman–Crippen MR) is 166 cm³/mol. The second-order valence-corrected chi connectivity index (χ2v) is 12.5. The van der Waals surface area contributed by atoms with Crippen LogP contribution in [0.3, 0.4) is 0 Å². The summed E-state index contributed by atoms with van der Waals surface area (Å²) >= 11 is 0. The zero-order valence-electron chi connectivity index (χ0n) is 28.8. The van der Waals surface area contributed by atoms with Crippen LogP contribution in [0.2, 0.25) is 0 Å². The minimum atomic E-state index is -1.67. The molecule has 2 fully saturated rings. The Morgan fingerprint density at radius 1 is 0.560 bits per heavy atom. The maximum atomic E-state index is 12.3. The lowest BCUT2D eigenvalue weighted by molar-refractivity contribution is -0.254. The Hall–Kier alpha value is -4.12. The molecule has 10 atom stereocenters. The number of benzene rings is 1. The van der Waals surface area contributed by atoms with Gasteiger partial charge in [0.2, 0.25) is 0 Å². The Labute approximate surface area is 288 Å². The average Bonchev–Trinajstić information content (AvgIpc) is 3.02. The van der Waals surface area contributed by atoms with Gasteiger partial charge in [-0.2, -0.15) is 0 Å². The summed E-state index contributed by atoms with van der Waals surface area (Å²) in [5.41, 5.74) is 2.36. The van der Waals surface area contributed by atoms with Crippen molar-refractivity contribution in [3.8, 4) is 0 Å². The highest BCUT2D eigenvalue weighted by Gasteiger charge is 2.54. The number of hydrogen-bond acceptors (Lipinski definition) is 16. The molecule has 0 radical (unpaired) electrons. The van der Waals surface area contributed by atoms with Crippen LogP contribution in [0.25, 0.3) is 0 Å². The highest BCUT2D eigenvalue weighted by molar-refractivity contribution is 5.69. The van der Waals surface area contributed by atoms with Gasteiger partial charge in [-0.15, -0.1) is 0 Å². The Balaban J connectivity index is 1.88. The molecule has 0 amide bonds. The van der Waals surface area contributed by atoms with E-state index in [1.807, 2.05) is 0 Å². The number of carbonyl (C=O) groups excluding carboxylic acids is 6. The third-order valence-electron chi connectivity index (χ3n) is 8.59. The first-order valence-corrected chi connectivity index (χ1v) is 16.4. The summed E-state index contributed by atoms with van der Waals surface area (Å²) in [7, 11) is 0. The predicted octanol–water partition coefficient (Wildman–Crippen LogP) is 1.02. The van der Waals surface area contributed by atoms with Crippen LogP contribution in [-0.2, 0) is 79.5 Å². The van der Waals surface area contributed by atoms with E-state index in [1.54, 1.807) is 12.1 Å². The Morgan fingerprint density at radius 2 is 0.880 bits per heavy atom. The summed E-state index contributed by atoms with van der Waals surface area (Å²) < 4.78 is 44.9. The first-order chi connectivity index (χ1) is 23.6. The average molecular weight is 709 g/mol. The molecule has 2 aliphatic heterocycles. The van der Waals surface area contributed by atoms with Crippen LogP contribution in [0.1, 0.15) is 88.8 Å². The van der Waals surface area contributed by atoms with Crippen LogP contribution in [0.4, 0.5) is 0 Å². The van der Waals surface area contributed by atoms with Gasteiger partial charge in [0.25, 0.3) is 0 Å². The highest BCUT2D eigenvalue weighted by atomic mass is 16.6. The summed E-state index contributed by atoms with van der Waals surface area (Å²) in [5, 5.41) is 23.6. The molecule has 1 aromatic carbocycles. The van der Waals surface area contributed by atoms with Crippen molar-refractivity contribution >= 4 is 35.8 Å². The van der Waals surface area contributed by atoms with Gasteiger partial charge >= 0.3 is 35.8 Å². The molecule has 2 saturated heterocycles. The van der Waals surface area contributed by atoms with Crippen LogP contribution in [-0.4, -0.2) is 108 Å². The molecule has 2 N–H and O–H groups in total. The normalized spacial score (nSPS) is 30.6. The lowest BCUT2D eigenvalue weighted by Crippen LogP contribution is -2.59. The number of ether oxygens (including phenoxy) is 8. The van der Waals surface area contributed by atoms with Gasteiger partial charge in [0.1, 0.15) is 49.8 Å². The van der Waals surface area contributed by atoms with Crippen molar-refractivity contribution in [2.75, 3.05) is 13.2 Å². The van der Waals surface area contributed by atoms with Crippen LogP contribution in [0.5, 0.6) is 0 Å². The van der Waals surface area contributed by atoms with E-state index < -0.39 is 110 Å². The van der Waals surface area contributed by atoms with Gasteiger partial charge in [-0.25, -0.2) is 0 Å². The molecule has 16 heteroatoms. The molecule has 0 unspecified atom stereocenters. The summed E-state index contributed by atoms with van der Waals surface area (Å²) in [4.78, 5) is 72.4. The van der Waals surface area contributed by atoms with E-state index in [1.165, 1.54) is 0 Å².